The third kappa shape index (κ3) is 5.40. The molecule has 8 atom stereocenters. The fourth-order valence-electron chi connectivity index (χ4n) is 12.0. The zero-order chi connectivity index (χ0) is 26.2. The number of hydrogen-bond acceptors (Lipinski definition) is 8. The Balaban J connectivity index is 0.00000144. The summed E-state index contributed by atoms with van der Waals surface area (Å²) >= 11 is 0. The second-order valence-corrected chi connectivity index (χ2v) is 15.6. The van der Waals surface area contributed by atoms with Gasteiger partial charge in [0.25, 0.3) is 0 Å². The molecule has 4 aliphatic carbocycles. The molecule has 9 aliphatic rings. The first kappa shape index (κ1) is 31.2. The monoisotopic (exact) mass is 660 g/mol. The van der Waals surface area contributed by atoms with Gasteiger partial charge in [0.15, 0.2) is 0 Å². The normalized spacial score (nSPS) is 54.9. The van der Waals surface area contributed by atoms with Crippen LogP contribution in [0.4, 0.5) is 0 Å². The molecule has 9 fully saturated rings. The van der Waals surface area contributed by atoms with E-state index in [9.17, 15) is 0 Å². The van der Waals surface area contributed by atoms with Crippen molar-refractivity contribution >= 4 is 32.2 Å². The van der Waals surface area contributed by atoms with Crippen LogP contribution in [0.1, 0.15) is 103 Å². The molecule has 8 nitrogen and oxygen atoms in total. The molecule has 5 heterocycles. The van der Waals surface area contributed by atoms with Crippen LogP contribution in [-0.2, 0) is 0 Å². The molecule has 5 aliphatic heterocycles. The van der Waals surface area contributed by atoms with E-state index in [1.165, 1.54) is 103 Å². The van der Waals surface area contributed by atoms with Crippen molar-refractivity contribution in [1.82, 2.24) is 42.5 Å². The summed E-state index contributed by atoms with van der Waals surface area (Å²) in [6.45, 7) is 0. The van der Waals surface area contributed by atoms with E-state index in [0.717, 1.165) is 47.3 Å². The predicted molar refractivity (Wildman–Crippen MR) is 174 cm³/mol. The molecular weight excluding hydrogens is 602 g/mol. The maximum atomic E-state index is 4.26. The van der Waals surface area contributed by atoms with Crippen LogP contribution >= 0.6 is 12.4 Å². The number of fused-ring (bicyclic) bond motifs is 20. The molecule has 0 amide bonds. The van der Waals surface area contributed by atoms with Gasteiger partial charge in [-0.1, -0.05) is 51.4 Å². The van der Waals surface area contributed by atoms with Crippen molar-refractivity contribution in [3.63, 3.8) is 0 Å². The molecule has 0 radical (unpaired) electrons. The molecule has 42 heavy (non-hydrogen) atoms. The van der Waals surface area contributed by atoms with E-state index >= 15 is 0 Å². The number of halogens is 1. The van der Waals surface area contributed by atoms with Gasteiger partial charge < -0.3 is 0 Å². The van der Waals surface area contributed by atoms with Gasteiger partial charge in [0.05, 0.1) is 49.3 Å². The zero-order valence-electron chi connectivity index (χ0n) is 25.0. The Hall–Kier alpha value is 0.606. The number of hydrogen-bond donors (Lipinski definition) is 8. The Morgan fingerprint density at radius 1 is 0.238 bits per heavy atom. The van der Waals surface area contributed by atoms with Crippen LogP contribution in [0.2, 0.25) is 0 Å². The van der Waals surface area contributed by atoms with Crippen molar-refractivity contribution in [3.05, 3.63) is 0 Å². The van der Waals surface area contributed by atoms with Crippen LogP contribution in [0.15, 0.2) is 0 Å². The minimum absolute atomic E-state index is 0. The summed E-state index contributed by atoms with van der Waals surface area (Å²) in [5.41, 5.74) is 0. The van der Waals surface area contributed by atoms with E-state index in [1.807, 2.05) is 0 Å². The van der Waals surface area contributed by atoms with Crippen molar-refractivity contribution in [2.24, 2.45) is 47.3 Å². The predicted octanol–water partition coefficient (Wildman–Crippen LogP) is 1.84. The average Bonchev–Trinajstić information content (AvgIpc) is 3.73. The molecule has 8 unspecified atom stereocenters. The SMILES string of the molecule is C1CCC2C3NC(NC4NC(NC5NC(NC6NC(N3)C3CCCCC63)C3CCCCC53)C3CCCCC43)C2C1.Cl.[GaH3]. The van der Waals surface area contributed by atoms with Crippen molar-refractivity contribution < 1.29 is 0 Å². The Bertz CT molecular complexity index is 723. The number of nitrogens with one attached hydrogen (secondary N) is 8. The summed E-state index contributed by atoms with van der Waals surface area (Å²) in [5.74, 6) is 5.97. The maximum absolute atomic E-state index is 4.26. The topological polar surface area (TPSA) is 96.2 Å². The van der Waals surface area contributed by atoms with Crippen LogP contribution in [0.25, 0.3) is 0 Å². The molecular formula is C32H60ClGaN8. The van der Waals surface area contributed by atoms with E-state index in [-0.39, 0.29) is 32.2 Å². The molecule has 8 N–H and O–H groups in total. The molecule has 0 aromatic heterocycles. The molecule has 0 spiro atoms. The fraction of sp³-hybridized carbons (Fsp3) is 1.00. The first-order valence-corrected chi connectivity index (χ1v) is 17.9. The van der Waals surface area contributed by atoms with Gasteiger partial charge in [-0.05, 0) is 98.7 Å². The summed E-state index contributed by atoms with van der Waals surface area (Å²) in [4.78, 5) is 0. The quantitative estimate of drug-likeness (QED) is 0.187. The average molecular weight is 662 g/mol. The summed E-state index contributed by atoms with van der Waals surface area (Å²) in [6.07, 6.45) is 25.6. The number of rotatable bonds is 0. The van der Waals surface area contributed by atoms with Crippen LogP contribution < -0.4 is 42.5 Å². The first-order valence-electron chi connectivity index (χ1n) is 17.9. The van der Waals surface area contributed by atoms with Crippen molar-refractivity contribution in [3.8, 4) is 0 Å². The van der Waals surface area contributed by atoms with Gasteiger partial charge in [-0.2, -0.15) is 0 Å². The molecule has 9 rings (SSSR count). The Morgan fingerprint density at radius 2 is 0.357 bits per heavy atom. The van der Waals surface area contributed by atoms with Crippen LogP contribution in [0.5, 0.6) is 0 Å². The van der Waals surface area contributed by atoms with E-state index < -0.39 is 0 Å². The molecule has 5 saturated heterocycles. The van der Waals surface area contributed by atoms with Crippen LogP contribution in [-0.4, -0.2) is 69.1 Å². The fourth-order valence-corrected chi connectivity index (χ4v) is 12.0. The summed E-state index contributed by atoms with van der Waals surface area (Å²) in [6, 6.07) is 0. The van der Waals surface area contributed by atoms with E-state index in [4.69, 9.17) is 0 Å². The van der Waals surface area contributed by atoms with Gasteiger partial charge in [-0.15, -0.1) is 12.4 Å². The molecule has 0 aromatic carbocycles. The van der Waals surface area contributed by atoms with E-state index in [1.54, 1.807) is 0 Å². The summed E-state index contributed by atoms with van der Waals surface area (Å²) < 4.78 is 0. The van der Waals surface area contributed by atoms with E-state index in [2.05, 4.69) is 42.5 Å². The Kier molecular flexibility index (Phi) is 9.67. The van der Waals surface area contributed by atoms with Crippen LogP contribution in [0.3, 0.4) is 0 Å². The van der Waals surface area contributed by atoms with Gasteiger partial charge in [-0.25, -0.2) is 0 Å². The molecule has 238 valence electrons. The first-order chi connectivity index (χ1) is 19.8. The molecule has 0 aromatic rings. The molecule has 8 bridgehead atoms. The van der Waals surface area contributed by atoms with Crippen LogP contribution in [0, 0.1) is 47.3 Å². The summed E-state index contributed by atoms with van der Waals surface area (Å²) in [7, 11) is 0. The standard InChI is InChI=1S/C32H56N8.ClH.Ga.3H/c1-2-10-18-17(9-1)25-33-26(18)38-28-21-13-5-6-14-22(21)30(35-28)40-32-24-16-8-7-15-23(24)31(36-32)39-29-20-12-4-3-11-19(20)27(34-29)37-25;;;;;/h17-40H,1-16H2;1H;;;;. The van der Waals surface area contributed by atoms with Crippen molar-refractivity contribution in [2.45, 2.75) is 152 Å². The van der Waals surface area contributed by atoms with Crippen molar-refractivity contribution in [1.29, 1.82) is 0 Å². The minimum atomic E-state index is 0. The third-order valence-corrected chi connectivity index (χ3v) is 13.8. The molecule has 10 heteroatoms. The third-order valence-electron chi connectivity index (χ3n) is 13.8. The van der Waals surface area contributed by atoms with Gasteiger partial charge in [0.1, 0.15) is 0 Å². The molecule has 4 saturated carbocycles. The second kappa shape index (κ2) is 13.0. The Labute approximate surface area is 273 Å². The second-order valence-electron chi connectivity index (χ2n) is 15.6. The van der Waals surface area contributed by atoms with Gasteiger partial charge in [0.2, 0.25) is 0 Å². The van der Waals surface area contributed by atoms with Gasteiger partial charge in [0, 0.05) is 0 Å². The zero-order valence-corrected chi connectivity index (χ0v) is 25.8. The van der Waals surface area contributed by atoms with Gasteiger partial charge in [-0.3, -0.25) is 42.5 Å². The van der Waals surface area contributed by atoms with Crippen molar-refractivity contribution in [2.75, 3.05) is 0 Å². The van der Waals surface area contributed by atoms with Gasteiger partial charge >= 0.3 is 19.8 Å². The Morgan fingerprint density at radius 3 is 0.476 bits per heavy atom. The summed E-state index contributed by atoms with van der Waals surface area (Å²) in [5, 5.41) is 33.8. The van der Waals surface area contributed by atoms with E-state index in [0.29, 0.717) is 49.3 Å².